The molecule has 1 aromatic heterocycles. The van der Waals surface area contributed by atoms with Crippen LogP contribution in [0.15, 0.2) is 18.2 Å². The largest absolute Gasteiger partial charge is 0.493 e. The van der Waals surface area contributed by atoms with E-state index < -0.39 is 5.97 Å². The third-order valence-electron chi connectivity index (χ3n) is 3.49. The number of hydrogen-bond donors (Lipinski definition) is 1. The second-order valence-electron chi connectivity index (χ2n) is 4.69. The normalized spacial score (nSPS) is 10.5. The molecule has 21 heavy (non-hydrogen) atoms. The van der Waals surface area contributed by atoms with Crippen LogP contribution in [-0.2, 0) is 13.5 Å². The average Bonchev–Trinajstić information content (AvgIpc) is 2.75. The Bertz CT molecular complexity index is 677. The lowest BCUT2D eigenvalue weighted by Crippen LogP contribution is -2.01. The van der Waals surface area contributed by atoms with Crippen molar-refractivity contribution in [3.05, 3.63) is 41.0 Å². The predicted molar refractivity (Wildman–Crippen MR) is 77.3 cm³/mol. The topological polar surface area (TPSA) is 73.6 Å². The fourth-order valence-corrected chi connectivity index (χ4v) is 2.17. The van der Waals surface area contributed by atoms with Crippen LogP contribution < -0.4 is 9.47 Å². The first-order valence-corrected chi connectivity index (χ1v) is 6.44. The van der Waals surface area contributed by atoms with Crippen molar-refractivity contribution in [1.29, 1.82) is 0 Å². The smallest absolute Gasteiger partial charge is 0.356 e. The highest BCUT2D eigenvalue weighted by Gasteiger charge is 2.17. The zero-order valence-corrected chi connectivity index (χ0v) is 12.5. The van der Waals surface area contributed by atoms with Crippen LogP contribution in [0, 0.1) is 6.92 Å². The maximum Gasteiger partial charge on any atom is 0.356 e. The Morgan fingerprint density at radius 3 is 2.48 bits per heavy atom. The van der Waals surface area contributed by atoms with Crippen molar-refractivity contribution >= 4 is 5.97 Å². The molecular formula is C15H18N2O4. The number of rotatable bonds is 5. The molecule has 0 amide bonds. The number of nitrogens with zero attached hydrogens (tertiary/aromatic N) is 2. The maximum atomic E-state index is 11.1. The Hall–Kier alpha value is -2.50. The minimum absolute atomic E-state index is 0.0907. The predicted octanol–water partition coefficient (Wildman–Crippen LogP) is 2.03. The number of hydrogen-bond acceptors (Lipinski definition) is 4. The third kappa shape index (κ3) is 2.84. The van der Waals surface area contributed by atoms with Gasteiger partial charge >= 0.3 is 5.97 Å². The summed E-state index contributed by atoms with van der Waals surface area (Å²) in [4.78, 5) is 15.3. The molecule has 0 spiro atoms. The van der Waals surface area contributed by atoms with Crippen molar-refractivity contribution in [3.8, 4) is 11.5 Å². The summed E-state index contributed by atoms with van der Waals surface area (Å²) in [7, 11) is 4.97. The number of ether oxygens (including phenoxy) is 2. The summed E-state index contributed by atoms with van der Waals surface area (Å²) in [5.74, 6) is 0.974. The minimum Gasteiger partial charge on any atom is -0.493 e. The summed E-state index contributed by atoms with van der Waals surface area (Å²) < 4.78 is 12.3. The number of carboxylic acid groups (broad SMARTS) is 1. The van der Waals surface area contributed by atoms with Gasteiger partial charge < -0.3 is 19.1 Å². The number of benzene rings is 1. The summed E-state index contributed by atoms with van der Waals surface area (Å²) >= 11 is 0. The van der Waals surface area contributed by atoms with E-state index in [2.05, 4.69) is 4.98 Å². The molecule has 0 saturated carbocycles. The quantitative estimate of drug-likeness (QED) is 0.912. The van der Waals surface area contributed by atoms with E-state index in [-0.39, 0.29) is 5.69 Å². The van der Waals surface area contributed by atoms with Crippen LogP contribution in [0.5, 0.6) is 11.5 Å². The lowest BCUT2D eigenvalue weighted by atomic mass is 10.1. The van der Waals surface area contributed by atoms with E-state index in [9.17, 15) is 4.79 Å². The molecule has 2 rings (SSSR count). The van der Waals surface area contributed by atoms with Gasteiger partial charge in [0.15, 0.2) is 17.2 Å². The van der Waals surface area contributed by atoms with Gasteiger partial charge in [0.25, 0.3) is 0 Å². The van der Waals surface area contributed by atoms with E-state index in [4.69, 9.17) is 14.6 Å². The molecule has 6 heteroatoms. The van der Waals surface area contributed by atoms with Crippen molar-refractivity contribution in [2.24, 2.45) is 7.05 Å². The van der Waals surface area contributed by atoms with Gasteiger partial charge in [0, 0.05) is 19.2 Å². The fraction of sp³-hybridized carbons (Fsp3) is 0.333. The van der Waals surface area contributed by atoms with E-state index in [0.29, 0.717) is 29.4 Å². The van der Waals surface area contributed by atoms with Gasteiger partial charge in [-0.2, -0.15) is 0 Å². The van der Waals surface area contributed by atoms with Crippen LogP contribution in [0.2, 0.25) is 0 Å². The Labute approximate surface area is 122 Å². The second-order valence-corrected chi connectivity index (χ2v) is 4.69. The van der Waals surface area contributed by atoms with Crippen LogP contribution in [0.3, 0.4) is 0 Å². The van der Waals surface area contributed by atoms with Gasteiger partial charge in [-0.25, -0.2) is 9.78 Å². The molecule has 0 bridgehead atoms. The highest BCUT2D eigenvalue weighted by molar-refractivity contribution is 5.86. The van der Waals surface area contributed by atoms with Crippen molar-refractivity contribution in [2.45, 2.75) is 13.3 Å². The van der Waals surface area contributed by atoms with Crippen LogP contribution in [0.4, 0.5) is 0 Å². The van der Waals surface area contributed by atoms with Gasteiger partial charge in [-0.1, -0.05) is 6.07 Å². The van der Waals surface area contributed by atoms with Crippen LogP contribution in [0.25, 0.3) is 0 Å². The number of carbonyl (C=O) groups is 1. The third-order valence-corrected chi connectivity index (χ3v) is 3.49. The first-order valence-electron chi connectivity index (χ1n) is 6.44. The van der Waals surface area contributed by atoms with E-state index >= 15 is 0 Å². The Morgan fingerprint density at radius 1 is 1.29 bits per heavy atom. The highest BCUT2D eigenvalue weighted by atomic mass is 16.5. The van der Waals surface area contributed by atoms with E-state index in [1.807, 2.05) is 25.2 Å². The number of imidazole rings is 1. The Balaban J connectivity index is 2.34. The van der Waals surface area contributed by atoms with Gasteiger partial charge in [-0.15, -0.1) is 0 Å². The molecule has 1 N–H and O–H groups in total. The summed E-state index contributed by atoms with van der Waals surface area (Å²) in [5.41, 5.74) is 1.70. The van der Waals surface area contributed by atoms with Crippen molar-refractivity contribution < 1.29 is 19.4 Å². The van der Waals surface area contributed by atoms with Crippen molar-refractivity contribution in [2.75, 3.05) is 14.2 Å². The highest BCUT2D eigenvalue weighted by Crippen LogP contribution is 2.28. The first kappa shape index (κ1) is 14.9. The van der Waals surface area contributed by atoms with Gasteiger partial charge in [0.2, 0.25) is 0 Å². The summed E-state index contributed by atoms with van der Waals surface area (Å²) in [6, 6.07) is 5.59. The molecule has 0 aliphatic rings. The van der Waals surface area contributed by atoms with Gasteiger partial charge in [-0.05, 0) is 24.6 Å². The molecule has 2 aromatic rings. The lowest BCUT2D eigenvalue weighted by Gasteiger charge is -2.09. The molecule has 1 aromatic carbocycles. The van der Waals surface area contributed by atoms with Gasteiger partial charge in [0.05, 0.1) is 14.2 Å². The molecule has 0 saturated heterocycles. The van der Waals surface area contributed by atoms with E-state index in [1.165, 1.54) is 0 Å². The lowest BCUT2D eigenvalue weighted by molar-refractivity contribution is 0.0690. The standard InChI is InChI=1S/C15H18N2O4/c1-9-14(15(18)19)16-13(17(9)2)8-10-5-6-11(20-3)12(7-10)21-4/h5-7H,8H2,1-4H3,(H,18,19). The molecular weight excluding hydrogens is 272 g/mol. The molecule has 0 fully saturated rings. The molecule has 112 valence electrons. The monoisotopic (exact) mass is 290 g/mol. The molecule has 0 aliphatic carbocycles. The average molecular weight is 290 g/mol. The maximum absolute atomic E-state index is 11.1. The summed E-state index contributed by atoms with van der Waals surface area (Å²) in [6.45, 7) is 1.74. The Morgan fingerprint density at radius 2 is 1.95 bits per heavy atom. The second kappa shape index (κ2) is 5.87. The number of carboxylic acids is 1. The zero-order chi connectivity index (χ0) is 15.6. The first-order chi connectivity index (χ1) is 9.97. The molecule has 6 nitrogen and oxygen atoms in total. The van der Waals surface area contributed by atoms with E-state index in [1.54, 1.807) is 25.7 Å². The van der Waals surface area contributed by atoms with Gasteiger partial charge in [0.1, 0.15) is 5.82 Å². The summed E-state index contributed by atoms with van der Waals surface area (Å²) in [6.07, 6.45) is 0.519. The fourth-order valence-electron chi connectivity index (χ4n) is 2.17. The van der Waals surface area contributed by atoms with E-state index in [0.717, 1.165) is 5.56 Å². The van der Waals surface area contributed by atoms with Gasteiger partial charge in [-0.3, -0.25) is 0 Å². The van der Waals surface area contributed by atoms with Crippen LogP contribution in [0.1, 0.15) is 27.6 Å². The summed E-state index contributed by atoms with van der Waals surface area (Å²) in [5, 5.41) is 9.11. The van der Waals surface area contributed by atoms with Crippen LogP contribution >= 0.6 is 0 Å². The SMILES string of the molecule is COc1ccc(Cc2nc(C(=O)O)c(C)n2C)cc1OC. The van der Waals surface area contributed by atoms with Crippen LogP contribution in [-0.4, -0.2) is 34.8 Å². The number of aromatic nitrogens is 2. The number of methoxy groups -OCH3 is 2. The molecule has 1 heterocycles. The zero-order valence-electron chi connectivity index (χ0n) is 12.5. The molecule has 0 aliphatic heterocycles. The Kier molecular flexibility index (Phi) is 4.16. The van der Waals surface area contributed by atoms with Crippen molar-refractivity contribution in [1.82, 2.24) is 9.55 Å². The molecule has 0 radical (unpaired) electrons. The molecule has 0 atom stereocenters. The minimum atomic E-state index is -1.01. The number of aromatic carboxylic acids is 1. The van der Waals surface area contributed by atoms with Crippen molar-refractivity contribution in [3.63, 3.8) is 0 Å². The molecule has 0 unspecified atom stereocenters.